The number of primary sulfonamides is 1. The van der Waals surface area contributed by atoms with Gasteiger partial charge in [-0.1, -0.05) is 24.3 Å². The van der Waals surface area contributed by atoms with Gasteiger partial charge in [0.1, 0.15) is 0 Å². The number of nitrogens with one attached hydrogen (secondary N) is 1. The SMILES string of the molecule is NS(=O)(=O)c1ccc2c(c1)C1C(Cl)C(Sc3ccccc3[N+](=O)[O-])CC1C(c1cccc([N+](=O)[O-])c1)N2. The predicted molar refractivity (Wildman–Crippen MR) is 141 cm³/mol. The molecule has 0 spiro atoms. The van der Waals surface area contributed by atoms with Crippen molar-refractivity contribution in [3.05, 3.63) is 98.1 Å². The Balaban J connectivity index is 1.59. The minimum atomic E-state index is -3.97. The summed E-state index contributed by atoms with van der Waals surface area (Å²) >= 11 is 8.37. The van der Waals surface area contributed by atoms with E-state index in [0.717, 1.165) is 0 Å². The molecule has 3 N–H and O–H groups in total. The first-order valence-electron chi connectivity index (χ1n) is 11.3. The lowest BCUT2D eigenvalue weighted by atomic mass is 9.77. The molecular weight excluding hydrogens is 540 g/mol. The van der Waals surface area contributed by atoms with Gasteiger partial charge in [-0.3, -0.25) is 20.2 Å². The molecule has 13 heteroatoms. The zero-order valence-corrected chi connectivity index (χ0v) is 21.4. The average Bonchev–Trinajstić information content (AvgIpc) is 3.19. The van der Waals surface area contributed by atoms with Gasteiger partial charge in [-0.2, -0.15) is 0 Å². The molecule has 0 amide bonds. The van der Waals surface area contributed by atoms with Gasteiger partial charge in [0.2, 0.25) is 10.0 Å². The number of alkyl halides is 1. The van der Waals surface area contributed by atoms with Gasteiger partial charge < -0.3 is 5.32 Å². The summed E-state index contributed by atoms with van der Waals surface area (Å²) in [6, 6.07) is 17.0. The molecule has 2 aliphatic rings. The van der Waals surface area contributed by atoms with Crippen LogP contribution in [0.2, 0.25) is 0 Å². The lowest BCUT2D eigenvalue weighted by Gasteiger charge is -2.38. The first kappa shape index (κ1) is 25.5. The van der Waals surface area contributed by atoms with Gasteiger partial charge in [-0.05, 0) is 47.7 Å². The molecule has 5 unspecified atom stereocenters. The number of nitro groups is 2. The molecule has 1 aliphatic carbocycles. The number of nitro benzene ring substituents is 2. The van der Waals surface area contributed by atoms with Gasteiger partial charge in [0.05, 0.1) is 31.1 Å². The second-order valence-electron chi connectivity index (χ2n) is 9.02. The van der Waals surface area contributed by atoms with E-state index in [4.69, 9.17) is 16.7 Å². The van der Waals surface area contributed by atoms with Crippen LogP contribution in [0, 0.1) is 26.1 Å². The van der Waals surface area contributed by atoms with Crippen molar-refractivity contribution in [2.45, 2.75) is 38.8 Å². The van der Waals surface area contributed by atoms with Crippen molar-refractivity contribution in [1.82, 2.24) is 0 Å². The maximum atomic E-state index is 12.1. The number of benzene rings is 3. The summed E-state index contributed by atoms with van der Waals surface area (Å²) in [5.41, 5.74) is 1.98. The van der Waals surface area contributed by atoms with Gasteiger partial charge in [-0.15, -0.1) is 23.4 Å². The Morgan fingerprint density at radius 1 is 1.00 bits per heavy atom. The van der Waals surface area contributed by atoms with Crippen LogP contribution < -0.4 is 10.5 Å². The second kappa shape index (κ2) is 9.60. The molecule has 0 saturated heterocycles. The molecule has 0 bridgehead atoms. The summed E-state index contributed by atoms with van der Waals surface area (Å²) in [6.07, 6.45) is 0.537. The van der Waals surface area contributed by atoms with Crippen molar-refractivity contribution in [2.75, 3.05) is 5.32 Å². The number of nitrogens with zero attached hydrogens (tertiary/aromatic N) is 2. The molecule has 37 heavy (non-hydrogen) atoms. The largest absolute Gasteiger partial charge is 0.378 e. The molecule has 0 radical (unpaired) electrons. The summed E-state index contributed by atoms with van der Waals surface area (Å²) in [5.74, 6) is -0.503. The van der Waals surface area contributed by atoms with Gasteiger partial charge in [0.25, 0.3) is 11.4 Å². The van der Waals surface area contributed by atoms with Crippen LogP contribution in [0.1, 0.15) is 29.5 Å². The highest BCUT2D eigenvalue weighted by Gasteiger charge is 2.50. The number of thioether (sulfide) groups is 1. The fraction of sp³-hybridized carbons (Fsp3) is 0.250. The molecule has 1 fully saturated rings. The third-order valence-electron chi connectivity index (χ3n) is 6.89. The molecule has 3 aromatic carbocycles. The predicted octanol–water partition coefficient (Wildman–Crippen LogP) is 5.19. The van der Waals surface area contributed by atoms with Crippen molar-refractivity contribution < 1.29 is 18.3 Å². The standard InChI is InChI=1S/C24H21ClN4O6S2/c25-23-21(36-20-7-2-1-6-19(20)29(32)33)12-17-22(23)16-11-15(37(26,34)35)8-9-18(16)27-24(17)13-4-3-5-14(10-13)28(30)31/h1-11,17,21-24,27H,12H2,(H2,26,34,35). The minimum absolute atomic E-state index is 0.0171. The second-order valence-corrected chi connectivity index (χ2v) is 12.4. The van der Waals surface area contributed by atoms with Crippen molar-refractivity contribution in [1.29, 1.82) is 0 Å². The normalized spacial score (nSPS) is 24.5. The fourth-order valence-electron chi connectivity index (χ4n) is 5.30. The minimum Gasteiger partial charge on any atom is -0.378 e. The molecular formula is C24H21ClN4O6S2. The lowest BCUT2D eigenvalue weighted by Crippen LogP contribution is -2.31. The van der Waals surface area contributed by atoms with Crippen LogP contribution in [0.15, 0.2) is 76.5 Å². The molecule has 1 aliphatic heterocycles. The molecule has 1 heterocycles. The quantitative estimate of drug-likeness (QED) is 0.237. The van der Waals surface area contributed by atoms with Gasteiger partial charge in [0, 0.05) is 35.1 Å². The van der Waals surface area contributed by atoms with E-state index < -0.39 is 25.2 Å². The van der Waals surface area contributed by atoms with Crippen LogP contribution in [-0.4, -0.2) is 28.9 Å². The number of nitrogens with two attached hydrogens (primary N) is 1. The summed E-state index contributed by atoms with van der Waals surface area (Å²) < 4.78 is 24.2. The zero-order valence-electron chi connectivity index (χ0n) is 19.1. The van der Waals surface area contributed by atoms with Gasteiger partial charge in [-0.25, -0.2) is 13.6 Å². The van der Waals surface area contributed by atoms with E-state index in [1.165, 1.54) is 42.1 Å². The number of non-ortho nitro benzene ring substituents is 1. The van der Waals surface area contributed by atoms with Crippen LogP contribution in [0.25, 0.3) is 0 Å². The van der Waals surface area contributed by atoms with E-state index >= 15 is 0 Å². The van der Waals surface area contributed by atoms with E-state index in [0.29, 0.717) is 28.1 Å². The van der Waals surface area contributed by atoms with Crippen LogP contribution in [0.3, 0.4) is 0 Å². The van der Waals surface area contributed by atoms with E-state index in [2.05, 4.69) is 5.32 Å². The molecule has 5 atom stereocenters. The molecule has 1 saturated carbocycles. The summed E-state index contributed by atoms with van der Waals surface area (Å²) in [5, 5.41) is 31.1. The van der Waals surface area contributed by atoms with Crippen molar-refractivity contribution in [2.24, 2.45) is 11.1 Å². The number of fused-ring (bicyclic) bond motifs is 3. The number of hydrogen-bond acceptors (Lipinski definition) is 8. The number of hydrogen-bond donors (Lipinski definition) is 2. The third kappa shape index (κ3) is 4.77. The topological polar surface area (TPSA) is 158 Å². The smallest absolute Gasteiger partial charge is 0.282 e. The Labute approximate surface area is 221 Å². The fourth-order valence-corrected chi connectivity index (χ4v) is 7.80. The van der Waals surface area contributed by atoms with E-state index in [1.807, 2.05) is 0 Å². The lowest BCUT2D eigenvalue weighted by molar-refractivity contribution is -0.387. The van der Waals surface area contributed by atoms with E-state index in [9.17, 15) is 28.6 Å². The maximum absolute atomic E-state index is 12.1. The highest BCUT2D eigenvalue weighted by atomic mass is 35.5. The summed E-state index contributed by atoms with van der Waals surface area (Å²) in [4.78, 5) is 22.5. The average molecular weight is 561 g/mol. The number of sulfonamides is 1. The summed E-state index contributed by atoms with van der Waals surface area (Å²) in [7, 11) is -3.97. The molecule has 5 rings (SSSR count). The molecule has 10 nitrogen and oxygen atoms in total. The number of para-hydroxylation sites is 1. The van der Waals surface area contributed by atoms with E-state index in [1.54, 1.807) is 36.4 Å². The van der Waals surface area contributed by atoms with Crippen LogP contribution in [0.4, 0.5) is 17.1 Å². The first-order valence-corrected chi connectivity index (χ1v) is 14.1. The number of rotatable bonds is 6. The Hall–Kier alpha value is -3.19. The number of anilines is 1. The highest BCUT2D eigenvalue weighted by Crippen LogP contribution is 2.58. The molecule has 0 aromatic heterocycles. The Morgan fingerprint density at radius 2 is 1.76 bits per heavy atom. The van der Waals surface area contributed by atoms with Gasteiger partial charge >= 0.3 is 0 Å². The van der Waals surface area contributed by atoms with Crippen molar-refractivity contribution in [3.63, 3.8) is 0 Å². The van der Waals surface area contributed by atoms with Crippen molar-refractivity contribution >= 4 is 50.4 Å². The molecule has 192 valence electrons. The van der Waals surface area contributed by atoms with Gasteiger partial charge in [0.15, 0.2) is 0 Å². The Morgan fingerprint density at radius 3 is 2.46 bits per heavy atom. The molecule has 3 aromatic rings. The monoisotopic (exact) mass is 560 g/mol. The Bertz CT molecular complexity index is 1520. The van der Waals surface area contributed by atoms with Crippen LogP contribution in [-0.2, 0) is 10.0 Å². The van der Waals surface area contributed by atoms with Crippen molar-refractivity contribution in [3.8, 4) is 0 Å². The highest BCUT2D eigenvalue weighted by molar-refractivity contribution is 8.00. The van der Waals surface area contributed by atoms with Crippen LogP contribution >= 0.6 is 23.4 Å². The van der Waals surface area contributed by atoms with E-state index in [-0.39, 0.29) is 39.4 Å². The Kier molecular flexibility index (Phi) is 6.61. The first-order chi connectivity index (χ1) is 17.5. The number of halogens is 1. The maximum Gasteiger partial charge on any atom is 0.282 e. The van der Waals surface area contributed by atoms with Crippen LogP contribution in [0.5, 0.6) is 0 Å². The zero-order chi connectivity index (χ0) is 26.5. The third-order valence-corrected chi connectivity index (χ3v) is 9.92. The summed E-state index contributed by atoms with van der Waals surface area (Å²) in [6.45, 7) is 0.